The van der Waals surface area contributed by atoms with E-state index >= 15 is 0 Å². The standard InChI is InChI=1S/C15H30N2O2/c1-5-14(15(18)19)10-13-17(8-4)12-9-11-16(6-2)7-3/h10H,5-9,11-13H2,1-4H3,(H,18,19)/b14-10-. The summed E-state index contributed by atoms with van der Waals surface area (Å²) in [5, 5.41) is 8.98. The minimum Gasteiger partial charge on any atom is -0.478 e. The maximum atomic E-state index is 10.9. The van der Waals surface area contributed by atoms with Gasteiger partial charge in [-0.25, -0.2) is 4.79 Å². The van der Waals surface area contributed by atoms with Crippen molar-refractivity contribution >= 4 is 5.97 Å². The number of carboxylic acids is 1. The lowest BCUT2D eigenvalue weighted by molar-refractivity contribution is -0.132. The smallest absolute Gasteiger partial charge is 0.331 e. The Labute approximate surface area is 118 Å². The molecule has 19 heavy (non-hydrogen) atoms. The van der Waals surface area contributed by atoms with Crippen LogP contribution >= 0.6 is 0 Å². The zero-order valence-corrected chi connectivity index (χ0v) is 13.0. The number of carbonyl (C=O) groups is 1. The second-order valence-corrected chi connectivity index (χ2v) is 4.66. The molecule has 0 unspecified atom stereocenters. The van der Waals surface area contributed by atoms with E-state index in [4.69, 9.17) is 5.11 Å². The number of nitrogens with zero attached hydrogens (tertiary/aromatic N) is 2. The molecule has 0 amide bonds. The molecule has 0 aliphatic heterocycles. The lowest BCUT2D eigenvalue weighted by Crippen LogP contribution is -2.30. The maximum absolute atomic E-state index is 10.9. The Morgan fingerprint density at radius 2 is 1.53 bits per heavy atom. The van der Waals surface area contributed by atoms with Crippen LogP contribution in [0.2, 0.25) is 0 Å². The summed E-state index contributed by atoms with van der Waals surface area (Å²) in [7, 11) is 0. The van der Waals surface area contributed by atoms with Crippen LogP contribution in [0.3, 0.4) is 0 Å². The fourth-order valence-corrected chi connectivity index (χ4v) is 2.06. The average Bonchev–Trinajstić information content (AvgIpc) is 2.41. The van der Waals surface area contributed by atoms with Crippen molar-refractivity contribution in [2.45, 2.75) is 40.5 Å². The molecule has 112 valence electrons. The van der Waals surface area contributed by atoms with Crippen LogP contribution in [-0.2, 0) is 4.79 Å². The molecule has 0 heterocycles. The second kappa shape index (κ2) is 11.0. The molecule has 0 aliphatic rings. The molecule has 4 nitrogen and oxygen atoms in total. The molecular formula is C15H30N2O2. The highest BCUT2D eigenvalue weighted by Gasteiger charge is 2.06. The van der Waals surface area contributed by atoms with Crippen LogP contribution in [0.5, 0.6) is 0 Å². The van der Waals surface area contributed by atoms with Gasteiger partial charge in [-0.15, -0.1) is 0 Å². The van der Waals surface area contributed by atoms with E-state index in [0.29, 0.717) is 12.0 Å². The third kappa shape index (κ3) is 8.01. The SMILES string of the molecule is CC/C(=C/CN(CC)CCCN(CC)CC)C(=O)O. The lowest BCUT2D eigenvalue weighted by Gasteiger charge is -2.22. The predicted octanol–water partition coefficient (Wildman–Crippen LogP) is 2.46. The Bertz CT molecular complexity index is 273. The fraction of sp³-hybridized carbons (Fsp3) is 0.800. The van der Waals surface area contributed by atoms with Crippen LogP contribution in [0.4, 0.5) is 0 Å². The fourth-order valence-electron chi connectivity index (χ4n) is 2.06. The van der Waals surface area contributed by atoms with Crippen molar-refractivity contribution in [3.05, 3.63) is 11.6 Å². The number of carboxylic acid groups (broad SMARTS) is 1. The van der Waals surface area contributed by atoms with Gasteiger partial charge in [0.1, 0.15) is 0 Å². The summed E-state index contributed by atoms with van der Waals surface area (Å²) in [6.45, 7) is 14.4. The predicted molar refractivity (Wildman–Crippen MR) is 80.5 cm³/mol. The summed E-state index contributed by atoms with van der Waals surface area (Å²) >= 11 is 0. The highest BCUT2D eigenvalue weighted by atomic mass is 16.4. The number of rotatable bonds is 11. The van der Waals surface area contributed by atoms with Crippen molar-refractivity contribution in [2.75, 3.05) is 39.3 Å². The quantitative estimate of drug-likeness (QED) is 0.586. The Kier molecular flexibility index (Phi) is 10.5. The van der Waals surface area contributed by atoms with Crippen molar-refractivity contribution < 1.29 is 9.90 Å². The molecule has 0 radical (unpaired) electrons. The van der Waals surface area contributed by atoms with Crippen LogP contribution in [0, 0.1) is 0 Å². The Balaban J connectivity index is 4.11. The van der Waals surface area contributed by atoms with Gasteiger partial charge >= 0.3 is 5.97 Å². The molecule has 0 aromatic carbocycles. The number of likely N-dealkylation sites (N-methyl/N-ethyl adjacent to an activating group) is 1. The molecule has 0 aliphatic carbocycles. The van der Waals surface area contributed by atoms with Gasteiger partial charge < -0.3 is 10.0 Å². The third-order valence-corrected chi connectivity index (χ3v) is 3.54. The largest absolute Gasteiger partial charge is 0.478 e. The first kappa shape index (κ1) is 18.1. The monoisotopic (exact) mass is 270 g/mol. The van der Waals surface area contributed by atoms with Crippen LogP contribution in [0.15, 0.2) is 11.6 Å². The van der Waals surface area contributed by atoms with Crippen LogP contribution < -0.4 is 0 Å². The number of hydrogen-bond donors (Lipinski definition) is 1. The molecule has 0 aromatic rings. The van der Waals surface area contributed by atoms with Gasteiger partial charge in [-0.1, -0.05) is 33.8 Å². The third-order valence-electron chi connectivity index (χ3n) is 3.54. The first-order valence-electron chi connectivity index (χ1n) is 7.45. The van der Waals surface area contributed by atoms with Crippen molar-refractivity contribution in [3.8, 4) is 0 Å². The van der Waals surface area contributed by atoms with E-state index in [-0.39, 0.29) is 0 Å². The van der Waals surface area contributed by atoms with E-state index in [1.807, 2.05) is 13.0 Å². The molecule has 1 N–H and O–H groups in total. The minimum atomic E-state index is -0.790. The van der Waals surface area contributed by atoms with Gasteiger partial charge in [0.05, 0.1) is 0 Å². The van der Waals surface area contributed by atoms with E-state index in [1.54, 1.807) is 0 Å². The first-order valence-corrected chi connectivity index (χ1v) is 7.45. The average molecular weight is 270 g/mol. The van der Waals surface area contributed by atoms with Crippen LogP contribution in [0.1, 0.15) is 40.5 Å². The van der Waals surface area contributed by atoms with Crippen LogP contribution in [0.25, 0.3) is 0 Å². The van der Waals surface area contributed by atoms with Crippen molar-refractivity contribution in [1.82, 2.24) is 9.80 Å². The van der Waals surface area contributed by atoms with Gasteiger partial charge in [-0.2, -0.15) is 0 Å². The van der Waals surface area contributed by atoms with Gasteiger partial charge in [0, 0.05) is 12.1 Å². The van der Waals surface area contributed by atoms with Gasteiger partial charge in [0.25, 0.3) is 0 Å². The molecule has 0 bridgehead atoms. The van der Waals surface area contributed by atoms with E-state index < -0.39 is 5.97 Å². The second-order valence-electron chi connectivity index (χ2n) is 4.66. The number of hydrogen-bond acceptors (Lipinski definition) is 3. The Hall–Kier alpha value is -0.870. The Morgan fingerprint density at radius 1 is 1.00 bits per heavy atom. The van der Waals surface area contributed by atoms with Crippen LogP contribution in [-0.4, -0.2) is 60.1 Å². The molecule has 0 spiro atoms. The molecule has 0 saturated carbocycles. The molecule has 0 fully saturated rings. The summed E-state index contributed by atoms with van der Waals surface area (Å²) in [6.07, 6.45) is 3.58. The zero-order valence-electron chi connectivity index (χ0n) is 13.0. The van der Waals surface area contributed by atoms with Gasteiger partial charge in [-0.05, 0) is 45.6 Å². The topological polar surface area (TPSA) is 43.8 Å². The molecule has 0 saturated heterocycles. The highest BCUT2D eigenvalue weighted by molar-refractivity contribution is 5.86. The molecule has 4 heteroatoms. The summed E-state index contributed by atoms with van der Waals surface area (Å²) in [5.41, 5.74) is 0.516. The number of aliphatic carboxylic acids is 1. The van der Waals surface area contributed by atoms with E-state index in [1.165, 1.54) is 0 Å². The molecular weight excluding hydrogens is 240 g/mol. The normalized spacial score (nSPS) is 12.4. The maximum Gasteiger partial charge on any atom is 0.331 e. The molecule has 0 aromatic heterocycles. The molecule has 0 atom stereocenters. The summed E-state index contributed by atoms with van der Waals surface area (Å²) in [4.78, 5) is 15.6. The van der Waals surface area contributed by atoms with Crippen molar-refractivity contribution in [1.29, 1.82) is 0 Å². The van der Waals surface area contributed by atoms with Crippen molar-refractivity contribution in [3.63, 3.8) is 0 Å². The van der Waals surface area contributed by atoms with Gasteiger partial charge in [0.2, 0.25) is 0 Å². The van der Waals surface area contributed by atoms with Gasteiger partial charge in [0.15, 0.2) is 0 Å². The lowest BCUT2D eigenvalue weighted by atomic mass is 10.2. The summed E-state index contributed by atoms with van der Waals surface area (Å²) in [5.74, 6) is -0.790. The molecule has 0 rings (SSSR count). The van der Waals surface area contributed by atoms with Gasteiger partial charge in [-0.3, -0.25) is 4.90 Å². The highest BCUT2D eigenvalue weighted by Crippen LogP contribution is 2.02. The zero-order chi connectivity index (χ0) is 14.7. The minimum absolute atomic E-state index is 0.516. The van der Waals surface area contributed by atoms with Crippen molar-refractivity contribution in [2.24, 2.45) is 0 Å². The van der Waals surface area contributed by atoms with E-state index in [2.05, 4.69) is 30.6 Å². The Morgan fingerprint density at radius 3 is 1.95 bits per heavy atom. The van der Waals surface area contributed by atoms with E-state index in [9.17, 15) is 4.79 Å². The summed E-state index contributed by atoms with van der Waals surface area (Å²) in [6, 6.07) is 0. The first-order chi connectivity index (χ1) is 9.08. The van der Waals surface area contributed by atoms with E-state index in [0.717, 1.165) is 45.7 Å². The summed E-state index contributed by atoms with van der Waals surface area (Å²) < 4.78 is 0.